The molecule has 0 spiro atoms. The average Bonchev–Trinajstić information content (AvgIpc) is 3.44. The summed E-state index contributed by atoms with van der Waals surface area (Å²) in [4.78, 5) is 4.61. The Kier molecular flexibility index (Phi) is 6.24. The number of sulfonamides is 1. The van der Waals surface area contributed by atoms with E-state index in [1.54, 1.807) is 23.5 Å². The Morgan fingerprint density at radius 3 is 2.53 bits per heavy atom. The number of benzene rings is 2. The molecule has 0 bridgehead atoms. The number of hydrogen-bond donors (Lipinski definition) is 2. The van der Waals surface area contributed by atoms with E-state index in [2.05, 4.69) is 21.7 Å². The number of nitrogens with one attached hydrogen (secondary N) is 2. The molecule has 2 N–H and O–H groups in total. The molecular weight excluding hydrogens is 400 g/mol. The lowest BCUT2D eigenvalue weighted by atomic mass is 10.1. The first-order valence-corrected chi connectivity index (χ1v) is 11.8. The molecule has 0 radical (unpaired) electrons. The summed E-state index contributed by atoms with van der Waals surface area (Å²) in [6.45, 7) is 2.43. The molecule has 0 aliphatic carbocycles. The van der Waals surface area contributed by atoms with Crippen molar-refractivity contribution >= 4 is 16.0 Å². The Morgan fingerprint density at radius 1 is 1.10 bits per heavy atom. The lowest BCUT2D eigenvalue weighted by molar-refractivity contribution is 0.235. The van der Waals surface area contributed by atoms with Crippen molar-refractivity contribution in [1.29, 1.82) is 0 Å². The first-order valence-electron chi connectivity index (χ1n) is 10.3. The van der Waals surface area contributed by atoms with Crippen LogP contribution in [0.3, 0.4) is 0 Å². The normalized spacial score (nSPS) is 19.4. The molecule has 160 valence electrons. The van der Waals surface area contributed by atoms with E-state index >= 15 is 0 Å². The van der Waals surface area contributed by atoms with Gasteiger partial charge in [0.1, 0.15) is 11.9 Å². The summed E-state index contributed by atoms with van der Waals surface area (Å²) in [5.74, 6) is 1.64. The Labute approximate surface area is 178 Å². The Bertz CT molecular complexity index is 974. The zero-order chi connectivity index (χ0) is 21.0. The zero-order valence-electron chi connectivity index (χ0n) is 17.2. The van der Waals surface area contributed by atoms with Gasteiger partial charge in [0.25, 0.3) is 0 Å². The molecule has 2 heterocycles. The molecule has 1 atom stereocenters. The summed E-state index contributed by atoms with van der Waals surface area (Å²) in [5.41, 5.74) is 2.22. The Hall–Kier alpha value is -2.58. The lowest BCUT2D eigenvalue weighted by Gasteiger charge is -2.17. The summed E-state index contributed by atoms with van der Waals surface area (Å²) < 4.78 is 32.8. The van der Waals surface area contributed by atoms with Crippen molar-refractivity contribution in [2.24, 2.45) is 4.99 Å². The molecule has 2 aromatic carbocycles. The molecule has 0 amide bonds. The monoisotopic (exact) mass is 428 g/mol. The number of hydrogen-bond acceptors (Lipinski definition) is 4. The summed E-state index contributed by atoms with van der Waals surface area (Å²) in [6, 6.07) is 15.2. The van der Waals surface area contributed by atoms with Crippen molar-refractivity contribution in [2.45, 2.75) is 36.8 Å². The highest BCUT2D eigenvalue weighted by Gasteiger charge is 2.27. The van der Waals surface area contributed by atoms with Crippen molar-refractivity contribution in [3.63, 3.8) is 0 Å². The third-order valence-electron chi connectivity index (χ3n) is 5.52. The number of aliphatic imine (C=N–C) groups is 1. The van der Waals surface area contributed by atoms with Crippen LogP contribution < -0.4 is 15.4 Å². The van der Waals surface area contributed by atoms with Crippen LogP contribution in [0.15, 0.2) is 58.4 Å². The minimum atomic E-state index is -3.37. The van der Waals surface area contributed by atoms with Crippen molar-refractivity contribution in [3.05, 3.63) is 59.7 Å². The van der Waals surface area contributed by atoms with E-state index in [1.807, 2.05) is 30.3 Å². The molecule has 7 nitrogen and oxygen atoms in total. The third kappa shape index (κ3) is 4.60. The third-order valence-corrected chi connectivity index (χ3v) is 7.43. The zero-order valence-corrected chi connectivity index (χ0v) is 18.0. The van der Waals surface area contributed by atoms with E-state index in [4.69, 9.17) is 4.74 Å². The second-order valence-electron chi connectivity index (χ2n) is 7.61. The van der Waals surface area contributed by atoms with Crippen molar-refractivity contribution < 1.29 is 13.2 Å². The maximum Gasteiger partial charge on any atom is 0.243 e. The molecular formula is C22H28N4O3S. The van der Waals surface area contributed by atoms with Crippen LogP contribution >= 0.6 is 0 Å². The van der Waals surface area contributed by atoms with E-state index in [9.17, 15) is 8.42 Å². The van der Waals surface area contributed by atoms with Crippen LogP contribution in [0.1, 0.15) is 24.0 Å². The standard InChI is InChI=1S/C22H28N4O3S/c1-23-22(25-16-19-14-18-6-2-3-7-21(18)29-19)24-15-17-8-10-20(11-9-17)30(27,28)26-12-4-5-13-26/h2-3,6-11,19H,4-5,12-16H2,1H3,(H2,23,24,25). The second kappa shape index (κ2) is 9.06. The first-order chi connectivity index (χ1) is 14.6. The minimum Gasteiger partial charge on any atom is -0.488 e. The van der Waals surface area contributed by atoms with Crippen molar-refractivity contribution in [3.8, 4) is 5.75 Å². The molecule has 2 aliphatic rings. The van der Waals surface area contributed by atoms with E-state index in [1.165, 1.54) is 5.56 Å². The second-order valence-corrected chi connectivity index (χ2v) is 9.55. The Balaban J connectivity index is 1.27. The van der Waals surface area contributed by atoms with Gasteiger partial charge in [0.15, 0.2) is 5.96 Å². The van der Waals surface area contributed by atoms with Gasteiger partial charge >= 0.3 is 0 Å². The summed E-state index contributed by atoms with van der Waals surface area (Å²) in [6.07, 6.45) is 2.83. The predicted molar refractivity (Wildman–Crippen MR) is 117 cm³/mol. The number of guanidine groups is 1. The fourth-order valence-corrected chi connectivity index (χ4v) is 5.36. The van der Waals surface area contributed by atoms with E-state index in [0.29, 0.717) is 37.0 Å². The SMILES string of the molecule is CN=C(NCc1ccc(S(=O)(=O)N2CCCC2)cc1)NCC1Cc2ccccc2O1. The first kappa shape index (κ1) is 20.7. The lowest BCUT2D eigenvalue weighted by Crippen LogP contribution is -2.41. The molecule has 0 saturated carbocycles. The van der Waals surface area contributed by atoms with Crippen LogP contribution in [-0.2, 0) is 23.0 Å². The Morgan fingerprint density at radius 2 is 1.83 bits per heavy atom. The molecule has 30 heavy (non-hydrogen) atoms. The van der Waals surface area contributed by atoms with Gasteiger partial charge in [-0.15, -0.1) is 0 Å². The molecule has 4 rings (SSSR count). The molecule has 0 aromatic heterocycles. The number of fused-ring (bicyclic) bond motifs is 1. The summed E-state index contributed by atoms with van der Waals surface area (Å²) >= 11 is 0. The number of rotatable bonds is 6. The van der Waals surface area contributed by atoms with Crippen LogP contribution in [0.4, 0.5) is 0 Å². The quantitative estimate of drug-likeness (QED) is 0.544. The molecule has 1 unspecified atom stereocenters. The van der Waals surface area contributed by atoms with Gasteiger partial charge in [0.2, 0.25) is 10.0 Å². The molecule has 1 fully saturated rings. The molecule has 2 aliphatic heterocycles. The van der Waals surface area contributed by atoms with Crippen molar-refractivity contribution in [1.82, 2.24) is 14.9 Å². The fourth-order valence-electron chi connectivity index (χ4n) is 3.84. The van der Waals surface area contributed by atoms with Gasteiger partial charge in [0.05, 0.1) is 11.4 Å². The van der Waals surface area contributed by atoms with Crippen molar-refractivity contribution in [2.75, 3.05) is 26.7 Å². The number of para-hydroxylation sites is 1. The van der Waals surface area contributed by atoms with Crippen LogP contribution in [0.25, 0.3) is 0 Å². The number of ether oxygens (including phenoxy) is 1. The number of nitrogens with zero attached hydrogens (tertiary/aromatic N) is 2. The van der Waals surface area contributed by atoms with E-state index in [0.717, 1.165) is 30.6 Å². The smallest absolute Gasteiger partial charge is 0.243 e. The van der Waals surface area contributed by atoms with Gasteiger partial charge in [-0.1, -0.05) is 30.3 Å². The van der Waals surface area contributed by atoms with Gasteiger partial charge in [-0.3, -0.25) is 4.99 Å². The minimum absolute atomic E-state index is 0.0797. The molecule has 2 aromatic rings. The van der Waals surface area contributed by atoms with E-state index in [-0.39, 0.29) is 6.10 Å². The van der Waals surface area contributed by atoms with Crippen LogP contribution in [0.2, 0.25) is 0 Å². The van der Waals surface area contributed by atoms with Gasteiger partial charge < -0.3 is 15.4 Å². The van der Waals surface area contributed by atoms with Gasteiger partial charge in [-0.2, -0.15) is 4.31 Å². The fraction of sp³-hybridized carbons (Fsp3) is 0.409. The maximum atomic E-state index is 12.6. The van der Waals surface area contributed by atoms with Gasteiger partial charge in [0, 0.05) is 33.1 Å². The van der Waals surface area contributed by atoms with Gasteiger partial charge in [-0.25, -0.2) is 8.42 Å². The van der Waals surface area contributed by atoms with Crippen LogP contribution in [0, 0.1) is 0 Å². The summed E-state index contributed by atoms with van der Waals surface area (Å²) in [5, 5.41) is 6.57. The van der Waals surface area contributed by atoms with Crippen LogP contribution in [-0.4, -0.2) is 51.5 Å². The predicted octanol–water partition coefficient (Wildman–Crippen LogP) is 2.14. The molecule has 8 heteroatoms. The van der Waals surface area contributed by atoms with Gasteiger partial charge in [-0.05, 0) is 42.2 Å². The largest absolute Gasteiger partial charge is 0.488 e. The maximum absolute atomic E-state index is 12.6. The summed E-state index contributed by atoms with van der Waals surface area (Å²) in [7, 11) is -1.64. The topological polar surface area (TPSA) is 83.0 Å². The highest BCUT2D eigenvalue weighted by molar-refractivity contribution is 7.89. The highest BCUT2D eigenvalue weighted by Crippen LogP contribution is 2.27. The highest BCUT2D eigenvalue weighted by atomic mass is 32.2. The van der Waals surface area contributed by atoms with E-state index < -0.39 is 10.0 Å². The molecule has 1 saturated heterocycles. The van der Waals surface area contributed by atoms with Crippen LogP contribution in [0.5, 0.6) is 5.75 Å². The average molecular weight is 429 g/mol.